The number of hydrogen-bond acceptors (Lipinski definition) is 7. The lowest BCUT2D eigenvalue weighted by atomic mass is 9.73. The Kier molecular flexibility index (Phi) is 8.02. The summed E-state index contributed by atoms with van der Waals surface area (Å²) in [6.45, 7) is 4.43. The van der Waals surface area contributed by atoms with Gasteiger partial charge in [-0.2, -0.15) is 9.61 Å². The quantitative estimate of drug-likeness (QED) is 0.317. The van der Waals surface area contributed by atoms with Crippen molar-refractivity contribution >= 4 is 29.0 Å². The molecular weight excluding hydrogens is 566 g/mol. The van der Waals surface area contributed by atoms with Crippen molar-refractivity contribution in [1.82, 2.24) is 29.4 Å². The molecule has 12 heteroatoms. The van der Waals surface area contributed by atoms with Gasteiger partial charge in [0.2, 0.25) is 17.8 Å². The van der Waals surface area contributed by atoms with E-state index in [1.807, 2.05) is 6.07 Å². The molecule has 1 aliphatic carbocycles. The van der Waals surface area contributed by atoms with E-state index >= 15 is 8.78 Å². The summed E-state index contributed by atoms with van der Waals surface area (Å²) < 4.78 is 32.2. The average Bonchev–Trinajstić information content (AvgIpc) is 3.57. The van der Waals surface area contributed by atoms with Gasteiger partial charge in [0, 0.05) is 51.8 Å². The smallest absolute Gasteiger partial charge is 0.229 e. The van der Waals surface area contributed by atoms with Crippen LogP contribution in [0.1, 0.15) is 56.6 Å². The molecule has 2 aliphatic rings. The third-order valence-corrected chi connectivity index (χ3v) is 9.01. The third kappa shape index (κ3) is 5.61. The number of carbonyl (C=O) groups is 2. The van der Waals surface area contributed by atoms with Gasteiger partial charge in [-0.15, -0.1) is 0 Å². The van der Waals surface area contributed by atoms with E-state index in [1.165, 1.54) is 16.6 Å². The Balaban J connectivity index is 1.27. The van der Waals surface area contributed by atoms with Crippen molar-refractivity contribution in [1.29, 1.82) is 0 Å². The highest BCUT2D eigenvalue weighted by Crippen LogP contribution is 2.40. The number of aromatic nitrogens is 4. The number of likely N-dealkylation sites (N-methyl/N-ethyl adjacent to an activating group) is 1. The maximum Gasteiger partial charge on any atom is 0.229 e. The molecule has 2 amide bonds. The van der Waals surface area contributed by atoms with Crippen molar-refractivity contribution in [2.75, 3.05) is 18.9 Å². The minimum atomic E-state index is -0.751. The normalized spacial score (nSPS) is 22.0. The van der Waals surface area contributed by atoms with Crippen LogP contribution in [-0.2, 0) is 16.1 Å². The minimum absolute atomic E-state index is 0.00524. The average molecular weight is 603 g/mol. The van der Waals surface area contributed by atoms with Gasteiger partial charge in [0.15, 0.2) is 0 Å². The molecule has 3 N–H and O–H groups in total. The van der Waals surface area contributed by atoms with E-state index in [1.54, 1.807) is 54.5 Å². The Labute approximate surface area is 254 Å². The SMILES string of the molecule is CC(=O)N(C)[C@@H]1[C@H](N)C[C@H](c2ccncc2Nc2ncc3ccc(-c4c(F)cc(CN5CCCC5=O)cc4F)nn23)C[C@@H]1C. The maximum absolute atomic E-state index is 15.3. The molecule has 0 bridgehead atoms. The molecule has 6 rings (SSSR count). The number of carbonyl (C=O) groups excluding carboxylic acids is 2. The number of fused-ring (bicyclic) bond motifs is 1. The topological polar surface area (TPSA) is 122 Å². The molecule has 10 nitrogen and oxygen atoms in total. The zero-order valence-electron chi connectivity index (χ0n) is 25.0. The summed E-state index contributed by atoms with van der Waals surface area (Å²) in [6, 6.07) is 7.51. The number of pyridine rings is 1. The highest BCUT2D eigenvalue weighted by Gasteiger charge is 2.38. The van der Waals surface area contributed by atoms with E-state index in [0.29, 0.717) is 36.4 Å². The number of anilines is 2. The summed E-state index contributed by atoms with van der Waals surface area (Å²) in [6.07, 6.45) is 7.81. The summed E-state index contributed by atoms with van der Waals surface area (Å²) in [5.74, 6) is -0.850. The van der Waals surface area contributed by atoms with Crippen LogP contribution in [0.5, 0.6) is 0 Å². The minimum Gasteiger partial charge on any atom is -0.341 e. The monoisotopic (exact) mass is 602 g/mol. The Morgan fingerprint density at radius 3 is 2.61 bits per heavy atom. The largest absolute Gasteiger partial charge is 0.341 e. The molecule has 1 aliphatic heterocycles. The van der Waals surface area contributed by atoms with Gasteiger partial charge in [-0.05, 0) is 72.6 Å². The Morgan fingerprint density at radius 1 is 1.16 bits per heavy atom. The predicted octanol–water partition coefficient (Wildman–Crippen LogP) is 4.62. The Bertz CT molecular complexity index is 1690. The van der Waals surface area contributed by atoms with Crippen LogP contribution in [0, 0.1) is 17.6 Å². The van der Waals surface area contributed by atoms with Crippen molar-refractivity contribution in [3.8, 4) is 11.3 Å². The first kappa shape index (κ1) is 29.6. The van der Waals surface area contributed by atoms with Crippen LogP contribution in [0.25, 0.3) is 16.8 Å². The van der Waals surface area contributed by atoms with Gasteiger partial charge in [-0.3, -0.25) is 14.6 Å². The summed E-state index contributed by atoms with van der Waals surface area (Å²) in [4.78, 5) is 36.2. The molecule has 0 spiro atoms. The summed E-state index contributed by atoms with van der Waals surface area (Å²) >= 11 is 0. The van der Waals surface area contributed by atoms with Crippen molar-refractivity contribution in [3.63, 3.8) is 0 Å². The molecule has 3 aromatic heterocycles. The first-order valence-corrected chi connectivity index (χ1v) is 14.9. The van der Waals surface area contributed by atoms with Gasteiger partial charge >= 0.3 is 0 Å². The second kappa shape index (κ2) is 11.9. The maximum atomic E-state index is 15.3. The molecule has 1 saturated heterocycles. The highest BCUT2D eigenvalue weighted by molar-refractivity contribution is 5.78. The van der Waals surface area contributed by atoms with E-state index < -0.39 is 11.6 Å². The van der Waals surface area contributed by atoms with Gasteiger partial charge in [-0.25, -0.2) is 13.8 Å². The zero-order valence-corrected chi connectivity index (χ0v) is 25.0. The standard InChI is InChI=1S/C32H36F2N8O2/c1-18-11-21(14-26(35)31(18)40(3)19(2)43)23-8-9-36-16-28(23)38-32-37-15-22-6-7-27(39-42(22)32)30-24(33)12-20(13-25(30)34)17-41-10-4-5-29(41)44/h6-9,12-13,15-16,18,21,26,31H,4-5,10-11,14,17,35H2,1-3H3,(H,37,38)/t18-,21+,26+,31-/m0/s1. The van der Waals surface area contributed by atoms with Gasteiger partial charge < -0.3 is 20.9 Å². The molecule has 44 heavy (non-hydrogen) atoms. The van der Waals surface area contributed by atoms with Gasteiger partial charge in [0.1, 0.15) is 11.6 Å². The van der Waals surface area contributed by atoms with E-state index in [0.717, 1.165) is 24.1 Å². The highest BCUT2D eigenvalue weighted by atomic mass is 19.1. The number of nitrogens with two attached hydrogens (primary N) is 1. The van der Waals surface area contributed by atoms with Gasteiger partial charge in [0.25, 0.3) is 0 Å². The molecule has 1 aromatic carbocycles. The van der Waals surface area contributed by atoms with Crippen molar-refractivity contribution in [2.24, 2.45) is 11.7 Å². The zero-order chi connectivity index (χ0) is 31.1. The van der Waals surface area contributed by atoms with Gasteiger partial charge in [0.05, 0.1) is 34.9 Å². The van der Waals surface area contributed by atoms with E-state index in [9.17, 15) is 9.59 Å². The van der Waals surface area contributed by atoms with Crippen molar-refractivity contribution in [3.05, 3.63) is 71.7 Å². The number of benzene rings is 1. The fourth-order valence-corrected chi connectivity index (χ4v) is 6.85. The van der Waals surface area contributed by atoms with Crippen LogP contribution in [-0.4, -0.2) is 66.9 Å². The van der Waals surface area contributed by atoms with Crippen molar-refractivity contribution < 1.29 is 18.4 Å². The molecular formula is C32H36F2N8O2. The first-order valence-electron chi connectivity index (χ1n) is 14.9. The molecule has 4 heterocycles. The molecule has 1 saturated carbocycles. The van der Waals surface area contributed by atoms with Crippen LogP contribution in [0.15, 0.2) is 48.9 Å². The number of hydrogen-bond donors (Lipinski definition) is 2. The number of imidazole rings is 1. The number of amides is 2. The number of nitrogens with one attached hydrogen (secondary N) is 1. The van der Waals surface area contributed by atoms with E-state index in [4.69, 9.17) is 5.73 Å². The lowest BCUT2D eigenvalue weighted by Crippen LogP contribution is -2.54. The fourth-order valence-electron chi connectivity index (χ4n) is 6.85. The van der Waals surface area contributed by atoms with Crippen LogP contribution >= 0.6 is 0 Å². The summed E-state index contributed by atoms with van der Waals surface area (Å²) in [5.41, 5.74) is 9.25. The van der Waals surface area contributed by atoms with Gasteiger partial charge in [-0.1, -0.05) is 6.92 Å². The first-order chi connectivity index (χ1) is 21.1. The van der Waals surface area contributed by atoms with Crippen LogP contribution < -0.4 is 11.1 Å². The summed E-state index contributed by atoms with van der Waals surface area (Å²) in [5, 5.41) is 7.88. The molecule has 230 valence electrons. The Hall–Kier alpha value is -4.45. The number of halogens is 2. The van der Waals surface area contributed by atoms with Crippen LogP contribution in [0.3, 0.4) is 0 Å². The Morgan fingerprint density at radius 2 is 1.93 bits per heavy atom. The lowest BCUT2D eigenvalue weighted by molar-refractivity contribution is -0.131. The molecule has 0 radical (unpaired) electrons. The molecule has 2 fully saturated rings. The van der Waals surface area contributed by atoms with Crippen LogP contribution in [0.4, 0.5) is 20.4 Å². The van der Waals surface area contributed by atoms with E-state index in [2.05, 4.69) is 27.3 Å². The second-order valence-corrected chi connectivity index (χ2v) is 12.0. The predicted molar refractivity (Wildman–Crippen MR) is 162 cm³/mol. The van der Waals surface area contributed by atoms with E-state index in [-0.39, 0.29) is 53.5 Å². The number of nitrogens with zero attached hydrogens (tertiary/aromatic N) is 6. The van der Waals surface area contributed by atoms with Crippen LogP contribution in [0.2, 0.25) is 0 Å². The third-order valence-electron chi connectivity index (χ3n) is 9.01. The molecule has 4 atom stereocenters. The lowest BCUT2D eigenvalue weighted by Gasteiger charge is -2.43. The number of likely N-dealkylation sites (tertiary alicyclic amines) is 1. The second-order valence-electron chi connectivity index (χ2n) is 12.0. The number of rotatable bonds is 7. The van der Waals surface area contributed by atoms with Crippen molar-refractivity contribution in [2.45, 2.75) is 64.1 Å². The summed E-state index contributed by atoms with van der Waals surface area (Å²) in [7, 11) is 1.80. The molecule has 0 unspecified atom stereocenters. The fraction of sp³-hybridized carbons (Fsp3) is 0.406. The molecule has 4 aromatic rings.